The van der Waals surface area contributed by atoms with Crippen molar-refractivity contribution in [2.75, 3.05) is 4.90 Å². The molecule has 0 radical (unpaired) electrons. The van der Waals surface area contributed by atoms with E-state index in [0.717, 1.165) is 17.3 Å². The molecule has 0 atom stereocenters. The van der Waals surface area contributed by atoms with Crippen LogP contribution in [0.1, 0.15) is 82.9 Å². The van der Waals surface area contributed by atoms with E-state index in [1.807, 2.05) is 0 Å². The van der Waals surface area contributed by atoms with Gasteiger partial charge in [0.2, 0.25) is 0 Å². The lowest BCUT2D eigenvalue weighted by atomic mass is 10.0. The van der Waals surface area contributed by atoms with E-state index in [0.29, 0.717) is 28.8 Å². The molecule has 1 heterocycles. The molecule has 3 rings (SSSR count). The number of imide groups is 1. The maximum Gasteiger partial charge on any atom is 0.266 e. The summed E-state index contributed by atoms with van der Waals surface area (Å²) in [6.07, 6.45) is 7.39. The van der Waals surface area contributed by atoms with E-state index in [1.165, 1.54) is 30.6 Å². The molecular formula is C23H24BrNO3. The monoisotopic (exact) mass is 441 g/mol. The third-order valence-electron chi connectivity index (χ3n) is 5.05. The number of Topliss-reactive ketones (excluding diaryl/α,β-unsaturated/α-hetero) is 1. The molecule has 2 aromatic carbocycles. The van der Waals surface area contributed by atoms with Crippen LogP contribution in [0.25, 0.3) is 0 Å². The maximum absolute atomic E-state index is 12.6. The van der Waals surface area contributed by atoms with Crippen LogP contribution in [-0.2, 0) is 0 Å². The summed E-state index contributed by atoms with van der Waals surface area (Å²) in [7, 11) is 0. The largest absolute Gasteiger partial charge is 0.294 e. The summed E-state index contributed by atoms with van der Waals surface area (Å²) in [5.74, 6) is -0.570. The Kier molecular flexibility index (Phi) is 6.79. The highest BCUT2D eigenvalue weighted by Crippen LogP contribution is 2.30. The number of unbranched alkanes of at least 4 members (excludes halogenated alkanes) is 5. The zero-order chi connectivity index (χ0) is 20.1. The van der Waals surface area contributed by atoms with Crippen LogP contribution in [0.5, 0.6) is 0 Å². The first-order valence-electron chi connectivity index (χ1n) is 9.84. The predicted molar refractivity (Wildman–Crippen MR) is 114 cm³/mol. The van der Waals surface area contributed by atoms with E-state index in [9.17, 15) is 14.4 Å². The molecule has 0 spiro atoms. The van der Waals surface area contributed by atoms with E-state index in [-0.39, 0.29) is 17.6 Å². The van der Waals surface area contributed by atoms with Crippen molar-refractivity contribution in [1.29, 1.82) is 0 Å². The third-order valence-corrected chi connectivity index (χ3v) is 5.55. The topological polar surface area (TPSA) is 54.5 Å². The minimum atomic E-state index is -0.340. The fraction of sp³-hybridized carbons (Fsp3) is 0.348. The van der Waals surface area contributed by atoms with Crippen LogP contribution < -0.4 is 4.90 Å². The third kappa shape index (κ3) is 4.41. The van der Waals surface area contributed by atoms with Gasteiger partial charge in [0, 0.05) is 16.5 Å². The molecule has 5 heteroatoms. The van der Waals surface area contributed by atoms with Gasteiger partial charge >= 0.3 is 0 Å². The Morgan fingerprint density at radius 3 is 2.21 bits per heavy atom. The highest BCUT2D eigenvalue weighted by atomic mass is 79.9. The zero-order valence-corrected chi connectivity index (χ0v) is 17.6. The van der Waals surface area contributed by atoms with Gasteiger partial charge < -0.3 is 0 Å². The van der Waals surface area contributed by atoms with Gasteiger partial charge in [0.1, 0.15) is 0 Å². The second-order valence-corrected chi connectivity index (χ2v) is 8.04. The molecule has 2 amide bonds. The molecule has 0 saturated heterocycles. The molecule has 0 aromatic heterocycles. The van der Waals surface area contributed by atoms with Crippen LogP contribution in [0.2, 0.25) is 0 Å². The molecule has 1 aliphatic heterocycles. The van der Waals surface area contributed by atoms with Gasteiger partial charge in [-0.05, 0) is 48.9 Å². The minimum Gasteiger partial charge on any atom is -0.294 e. The van der Waals surface area contributed by atoms with E-state index in [1.54, 1.807) is 42.5 Å². The lowest BCUT2D eigenvalue weighted by Gasteiger charge is -2.14. The second-order valence-electron chi connectivity index (χ2n) is 7.12. The van der Waals surface area contributed by atoms with Gasteiger partial charge in [0.15, 0.2) is 5.78 Å². The van der Waals surface area contributed by atoms with Crippen LogP contribution in [0.4, 0.5) is 5.69 Å². The predicted octanol–water partition coefficient (Wildman–Crippen LogP) is 6.18. The Bertz CT molecular complexity index is 889. The summed E-state index contributed by atoms with van der Waals surface area (Å²) in [5.41, 5.74) is 1.90. The smallest absolute Gasteiger partial charge is 0.266 e. The Morgan fingerprint density at radius 1 is 0.857 bits per heavy atom. The molecule has 0 saturated carbocycles. The normalized spacial score (nSPS) is 13.1. The first-order valence-corrected chi connectivity index (χ1v) is 10.6. The van der Waals surface area contributed by atoms with E-state index < -0.39 is 0 Å². The maximum atomic E-state index is 12.6. The minimum absolute atomic E-state index is 0.105. The van der Waals surface area contributed by atoms with Gasteiger partial charge in [-0.3, -0.25) is 14.4 Å². The van der Waals surface area contributed by atoms with Crippen LogP contribution in [0.3, 0.4) is 0 Å². The Morgan fingerprint density at radius 2 is 1.50 bits per heavy atom. The highest BCUT2D eigenvalue weighted by molar-refractivity contribution is 9.10. The number of carbonyl (C=O) groups excluding carboxylic acids is 3. The van der Waals surface area contributed by atoms with Gasteiger partial charge in [-0.15, -0.1) is 0 Å². The van der Waals surface area contributed by atoms with Crippen LogP contribution in [-0.4, -0.2) is 17.6 Å². The average Bonchev–Trinajstić information content (AvgIpc) is 2.94. The zero-order valence-electron chi connectivity index (χ0n) is 16.0. The number of carbonyl (C=O) groups is 3. The van der Waals surface area contributed by atoms with Crippen LogP contribution in [0, 0.1) is 0 Å². The van der Waals surface area contributed by atoms with Gasteiger partial charge in [-0.25, -0.2) is 4.90 Å². The molecule has 2 aromatic rings. The van der Waals surface area contributed by atoms with E-state index in [2.05, 4.69) is 22.9 Å². The summed E-state index contributed by atoms with van der Waals surface area (Å²) >= 11 is 3.33. The lowest BCUT2D eigenvalue weighted by Crippen LogP contribution is -2.29. The summed E-state index contributed by atoms with van der Waals surface area (Å²) in [6.45, 7) is 2.19. The number of rotatable bonds is 9. The number of anilines is 1. The Hall–Kier alpha value is -2.27. The fourth-order valence-electron chi connectivity index (χ4n) is 3.45. The lowest BCUT2D eigenvalue weighted by molar-refractivity contribution is 0.0924. The quantitative estimate of drug-likeness (QED) is 0.265. The average molecular weight is 442 g/mol. The first-order chi connectivity index (χ1) is 13.5. The van der Waals surface area contributed by atoms with Crippen molar-refractivity contribution in [2.24, 2.45) is 0 Å². The molecule has 0 N–H and O–H groups in total. The summed E-state index contributed by atoms with van der Waals surface area (Å²) in [6, 6.07) is 11.8. The van der Waals surface area contributed by atoms with Crippen LogP contribution >= 0.6 is 15.9 Å². The summed E-state index contributed by atoms with van der Waals surface area (Å²) in [4.78, 5) is 38.8. The van der Waals surface area contributed by atoms with Crippen molar-refractivity contribution in [3.63, 3.8) is 0 Å². The Labute approximate surface area is 174 Å². The van der Waals surface area contributed by atoms with Crippen molar-refractivity contribution in [2.45, 2.75) is 51.9 Å². The number of fused-ring (bicyclic) bond motifs is 1. The van der Waals surface area contributed by atoms with Crippen molar-refractivity contribution in [3.05, 3.63) is 63.6 Å². The van der Waals surface area contributed by atoms with Crippen molar-refractivity contribution >= 4 is 39.2 Å². The SMILES string of the molecule is CCCCCCCCC(=O)c1ccc(N2C(=O)c3ccc(Br)cc3C2=O)cc1. The number of benzene rings is 2. The standard InChI is InChI=1S/C23H24BrNO3/c1-2-3-4-5-6-7-8-21(26)16-9-12-18(13-10-16)25-22(27)19-14-11-17(24)15-20(19)23(25)28/h9-15H,2-8H2,1H3. The molecule has 0 bridgehead atoms. The molecule has 1 aliphatic rings. The fourth-order valence-corrected chi connectivity index (χ4v) is 3.82. The number of hydrogen-bond donors (Lipinski definition) is 0. The number of hydrogen-bond acceptors (Lipinski definition) is 3. The van der Waals surface area contributed by atoms with Crippen LogP contribution in [0.15, 0.2) is 46.9 Å². The number of ketones is 1. The molecule has 146 valence electrons. The molecule has 4 nitrogen and oxygen atoms in total. The first kappa shape index (κ1) is 20.5. The summed E-state index contributed by atoms with van der Waals surface area (Å²) < 4.78 is 0.755. The van der Waals surface area contributed by atoms with E-state index in [4.69, 9.17) is 0 Å². The molecular weight excluding hydrogens is 418 g/mol. The molecule has 0 fully saturated rings. The number of nitrogens with zero attached hydrogens (tertiary/aromatic N) is 1. The van der Waals surface area contributed by atoms with Crippen molar-refractivity contribution < 1.29 is 14.4 Å². The van der Waals surface area contributed by atoms with Gasteiger partial charge in [-0.1, -0.05) is 55.0 Å². The van der Waals surface area contributed by atoms with E-state index >= 15 is 0 Å². The molecule has 0 unspecified atom stereocenters. The number of amides is 2. The van der Waals surface area contributed by atoms with Gasteiger partial charge in [0.05, 0.1) is 16.8 Å². The van der Waals surface area contributed by atoms with Crippen molar-refractivity contribution in [3.8, 4) is 0 Å². The summed E-state index contributed by atoms with van der Waals surface area (Å²) in [5, 5.41) is 0. The molecule has 28 heavy (non-hydrogen) atoms. The van der Waals surface area contributed by atoms with Gasteiger partial charge in [-0.2, -0.15) is 0 Å². The number of halogens is 1. The molecule has 0 aliphatic carbocycles. The highest BCUT2D eigenvalue weighted by Gasteiger charge is 2.36. The Balaban J connectivity index is 1.62. The van der Waals surface area contributed by atoms with Crippen molar-refractivity contribution in [1.82, 2.24) is 0 Å². The second kappa shape index (κ2) is 9.28. The van der Waals surface area contributed by atoms with Gasteiger partial charge in [0.25, 0.3) is 11.8 Å².